The van der Waals surface area contributed by atoms with Crippen molar-refractivity contribution in [1.29, 1.82) is 0 Å². The zero-order valence-electron chi connectivity index (χ0n) is 14.5. The third-order valence-corrected chi connectivity index (χ3v) is 5.27. The minimum atomic E-state index is -0.649. The van der Waals surface area contributed by atoms with Gasteiger partial charge in [0.25, 0.3) is 0 Å². The van der Waals surface area contributed by atoms with E-state index in [1.165, 1.54) is 10.6 Å². The number of hydrogen-bond acceptors (Lipinski definition) is 8. The molecule has 0 saturated carbocycles. The fraction of sp³-hybridized carbons (Fsp3) is 0.353. The molecule has 4 heterocycles. The summed E-state index contributed by atoms with van der Waals surface area (Å²) in [6, 6.07) is 5.10. The second-order valence-corrected chi connectivity index (χ2v) is 7.09. The first-order chi connectivity index (χ1) is 13.1. The molecule has 1 fully saturated rings. The van der Waals surface area contributed by atoms with Gasteiger partial charge < -0.3 is 4.90 Å². The topological polar surface area (TPSA) is 96.9 Å². The molecule has 1 aliphatic heterocycles. The predicted molar refractivity (Wildman–Crippen MR) is 102 cm³/mol. The van der Waals surface area contributed by atoms with Gasteiger partial charge in [-0.25, -0.2) is 9.97 Å². The molecule has 0 bridgehead atoms. The van der Waals surface area contributed by atoms with Crippen LogP contribution in [-0.4, -0.2) is 50.4 Å². The normalized spacial score (nSPS) is 15.8. The lowest BCUT2D eigenvalue weighted by molar-refractivity contribution is -0.385. The second-order valence-electron chi connectivity index (χ2n) is 6.37. The van der Waals surface area contributed by atoms with Crippen LogP contribution in [0, 0.1) is 10.1 Å². The predicted octanol–water partition coefficient (Wildman–Crippen LogP) is 1.77. The molecular weight excluding hydrogens is 368 g/mol. The quantitative estimate of drug-likeness (QED) is 0.498. The van der Waals surface area contributed by atoms with Gasteiger partial charge in [0.2, 0.25) is 5.82 Å². The van der Waals surface area contributed by atoms with Crippen molar-refractivity contribution >= 4 is 28.5 Å². The minimum Gasteiger partial charge on any atom is -0.349 e. The molecule has 1 saturated heterocycles. The second kappa shape index (κ2) is 7.41. The van der Waals surface area contributed by atoms with E-state index in [1.54, 1.807) is 29.5 Å². The number of aromatic nitrogens is 3. The first kappa shape index (κ1) is 17.6. The Kier molecular flexibility index (Phi) is 4.82. The summed E-state index contributed by atoms with van der Waals surface area (Å²) in [6.45, 7) is 3.54. The average molecular weight is 386 g/mol. The zero-order chi connectivity index (χ0) is 18.8. The van der Waals surface area contributed by atoms with E-state index < -0.39 is 16.2 Å². The highest BCUT2D eigenvalue weighted by Gasteiger charge is 2.29. The Morgan fingerprint density at radius 1 is 1.22 bits per heavy atom. The Balaban J connectivity index is 1.64. The lowest BCUT2D eigenvalue weighted by Gasteiger charge is -2.22. The summed E-state index contributed by atoms with van der Waals surface area (Å²) in [5, 5.41) is 13.6. The SMILES string of the molecule is O=c1c([N+](=O)[O-])c(N2CCCN(Cc3cscn3)CC2)nc2ccccn12. The smallest absolute Gasteiger partial charge is 0.349 e. The van der Waals surface area contributed by atoms with Gasteiger partial charge >= 0.3 is 11.2 Å². The molecule has 0 aromatic carbocycles. The highest BCUT2D eigenvalue weighted by Crippen LogP contribution is 2.24. The average Bonchev–Trinajstić information content (AvgIpc) is 3.05. The van der Waals surface area contributed by atoms with Gasteiger partial charge in [-0.05, 0) is 18.6 Å². The third kappa shape index (κ3) is 3.53. The van der Waals surface area contributed by atoms with Gasteiger partial charge in [0.05, 0.1) is 16.1 Å². The van der Waals surface area contributed by atoms with Crippen molar-refractivity contribution in [2.75, 3.05) is 31.1 Å². The Morgan fingerprint density at radius 2 is 2.11 bits per heavy atom. The van der Waals surface area contributed by atoms with Crippen LogP contribution in [-0.2, 0) is 6.54 Å². The van der Waals surface area contributed by atoms with Crippen LogP contribution in [0.4, 0.5) is 11.5 Å². The molecule has 9 nitrogen and oxygen atoms in total. The summed E-state index contributed by atoms with van der Waals surface area (Å²) in [4.78, 5) is 36.5. The van der Waals surface area contributed by atoms with Gasteiger partial charge in [-0.2, -0.15) is 0 Å². The fourth-order valence-corrected chi connectivity index (χ4v) is 3.88. The Hall–Kier alpha value is -2.85. The molecule has 4 rings (SSSR count). The number of fused-ring (bicyclic) bond motifs is 1. The van der Waals surface area contributed by atoms with E-state index >= 15 is 0 Å². The summed E-state index contributed by atoms with van der Waals surface area (Å²) in [5.74, 6) is 0.159. The maximum Gasteiger partial charge on any atom is 0.376 e. The molecule has 10 heteroatoms. The number of nitro groups is 1. The number of thiazole rings is 1. The van der Waals surface area contributed by atoms with Crippen LogP contribution in [0.3, 0.4) is 0 Å². The molecule has 0 spiro atoms. The lowest BCUT2D eigenvalue weighted by Crippen LogP contribution is -2.33. The molecule has 1 aliphatic rings. The number of rotatable bonds is 4. The summed E-state index contributed by atoms with van der Waals surface area (Å²) in [5.41, 5.74) is 2.14. The van der Waals surface area contributed by atoms with Crippen molar-refractivity contribution in [1.82, 2.24) is 19.3 Å². The number of hydrogen-bond donors (Lipinski definition) is 0. The van der Waals surface area contributed by atoms with Crippen molar-refractivity contribution in [2.24, 2.45) is 0 Å². The van der Waals surface area contributed by atoms with Gasteiger partial charge in [-0.15, -0.1) is 11.3 Å². The first-order valence-corrected chi connectivity index (χ1v) is 9.58. The molecule has 3 aromatic heterocycles. The molecule has 0 amide bonds. The summed E-state index contributed by atoms with van der Waals surface area (Å²) in [7, 11) is 0. The fourth-order valence-electron chi connectivity index (χ4n) is 3.33. The third-order valence-electron chi connectivity index (χ3n) is 4.63. The van der Waals surface area contributed by atoms with E-state index in [0.717, 1.165) is 31.7 Å². The van der Waals surface area contributed by atoms with Crippen molar-refractivity contribution in [3.05, 3.63) is 61.4 Å². The van der Waals surface area contributed by atoms with Crippen LogP contribution in [0.1, 0.15) is 12.1 Å². The van der Waals surface area contributed by atoms with E-state index in [0.29, 0.717) is 18.7 Å². The lowest BCUT2D eigenvalue weighted by atomic mass is 10.3. The van der Waals surface area contributed by atoms with E-state index in [-0.39, 0.29) is 5.82 Å². The first-order valence-electron chi connectivity index (χ1n) is 8.63. The molecule has 0 unspecified atom stereocenters. The maximum atomic E-state index is 12.6. The summed E-state index contributed by atoms with van der Waals surface area (Å²) < 4.78 is 1.22. The highest BCUT2D eigenvalue weighted by atomic mass is 32.1. The minimum absolute atomic E-state index is 0.159. The van der Waals surface area contributed by atoms with E-state index in [2.05, 4.69) is 14.9 Å². The van der Waals surface area contributed by atoms with E-state index in [1.807, 2.05) is 15.8 Å². The van der Waals surface area contributed by atoms with Crippen LogP contribution in [0.25, 0.3) is 5.65 Å². The van der Waals surface area contributed by atoms with Gasteiger partial charge in [0, 0.05) is 44.3 Å². The summed E-state index contributed by atoms with van der Waals surface area (Å²) >= 11 is 1.57. The maximum absolute atomic E-state index is 12.6. The van der Waals surface area contributed by atoms with Crippen LogP contribution in [0.5, 0.6) is 0 Å². The van der Waals surface area contributed by atoms with Crippen LogP contribution < -0.4 is 10.5 Å². The Labute approximate surface area is 158 Å². The van der Waals surface area contributed by atoms with Crippen molar-refractivity contribution in [3.8, 4) is 0 Å². The molecular formula is C17H18N6O3S. The molecule has 0 aliphatic carbocycles. The van der Waals surface area contributed by atoms with E-state index in [9.17, 15) is 14.9 Å². The van der Waals surface area contributed by atoms with Gasteiger partial charge in [0.15, 0.2) is 0 Å². The van der Waals surface area contributed by atoms with Crippen molar-refractivity contribution < 1.29 is 4.92 Å². The number of pyridine rings is 1. The standard InChI is InChI=1S/C17H18N6O3S/c24-17-15(23(25)26)16(19-14-4-1-2-7-22(14)17)21-6-3-5-20(8-9-21)10-13-11-27-12-18-13/h1-2,4,7,11-12H,3,5-6,8-10H2. The highest BCUT2D eigenvalue weighted by molar-refractivity contribution is 7.07. The Bertz CT molecular complexity index is 1020. The summed E-state index contributed by atoms with van der Waals surface area (Å²) in [6.07, 6.45) is 2.33. The van der Waals surface area contributed by atoms with Crippen molar-refractivity contribution in [2.45, 2.75) is 13.0 Å². The number of anilines is 1. The van der Waals surface area contributed by atoms with E-state index in [4.69, 9.17) is 0 Å². The van der Waals surface area contributed by atoms with Crippen molar-refractivity contribution in [3.63, 3.8) is 0 Å². The zero-order valence-corrected chi connectivity index (χ0v) is 15.3. The van der Waals surface area contributed by atoms with Gasteiger partial charge in [-0.1, -0.05) is 6.07 Å². The molecule has 0 atom stereocenters. The van der Waals surface area contributed by atoms with Crippen LogP contribution in [0.15, 0.2) is 40.1 Å². The molecule has 140 valence electrons. The largest absolute Gasteiger partial charge is 0.376 e. The monoisotopic (exact) mass is 386 g/mol. The van der Waals surface area contributed by atoms with Crippen LogP contribution in [0.2, 0.25) is 0 Å². The molecule has 27 heavy (non-hydrogen) atoms. The molecule has 0 radical (unpaired) electrons. The Morgan fingerprint density at radius 3 is 2.89 bits per heavy atom. The molecule has 3 aromatic rings. The number of nitrogens with zero attached hydrogens (tertiary/aromatic N) is 6. The van der Waals surface area contributed by atoms with Gasteiger partial charge in [0.1, 0.15) is 5.65 Å². The molecule has 0 N–H and O–H groups in total. The van der Waals surface area contributed by atoms with Crippen LogP contribution >= 0.6 is 11.3 Å². The van der Waals surface area contributed by atoms with Gasteiger partial charge in [-0.3, -0.25) is 24.2 Å².